The number of carbonyl (C=O) groups is 1. The Kier molecular flexibility index (Phi) is 11.7. The van der Waals surface area contributed by atoms with Gasteiger partial charge in [0.1, 0.15) is 24.3 Å². The molecule has 2 rings (SSSR count). The molecular weight excluding hydrogens is 493 g/mol. The summed E-state index contributed by atoms with van der Waals surface area (Å²) in [5.41, 5.74) is 6.87. The first-order valence-electron chi connectivity index (χ1n) is 10.2. The van der Waals surface area contributed by atoms with Gasteiger partial charge in [0, 0.05) is 5.75 Å². The lowest BCUT2D eigenvalue weighted by atomic mass is 10.3. The van der Waals surface area contributed by atoms with Crippen molar-refractivity contribution >= 4 is 52.3 Å². The molecule has 0 saturated carbocycles. The molecular formula is C18H30N5O7PS2. The van der Waals surface area contributed by atoms with Crippen molar-refractivity contribution in [2.24, 2.45) is 0 Å². The summed E-state index contributed by atoms with van der Waals surface area (Å²) in [6.45, 7) is 5.37. The Morgan fingerprint density at radius 1 is 1.24 bits per heavy atom. The number of carbonyl (C=O) groups excluding carboxylic acids is 1. The van der Waals surface area contributed by atoms with Crippen LogP contribution in [-0.2, 0) is 34.4 Å². The highest BCUT2D eigenvalue weighted by Gasteiger charge is 2.28. The van der Waals surface area contributed by atoms with Gasteiger partial charge in [-0.1, -0.05) is 28.5 Å². The van der Waals surface area contributed by atoms with Gasteiger partial charge < -0.3 is 29.0 Å². The topological polar surface area (TPSA) is 150 Å². The number of anilines is 1. The number of ether oxygens (including phenoxy) is 3. The fourth-order valence-corrected chi connectivity index (χ4v) is 4.81. The summed E-state index contributed by atoms with van der Waals surface area (Å²) in [7, 11) is -0.587. The number of hydrogen-bond donors (Lipinski definition) is 1. The van der Waals surface area contributed by atoms with Crippen LogP contribution in [0.15, 0.2) is 12.7 Å². The molecule has 2 unspecified atom stereocenters. The summed E-state index contributed by atoms with van der Waals surface area (Å²) in [5, 5.41) is 0. The molecule has 0 aliphatic carbocycles. The molecule has 3 atom stereocenters. The summed E-state index contributed by atoms with van der Waals surface area (Å²) in [6.07, 6.45) is 3.59. The number of rotatable bonds is 15. The fraction of sp³-hybridized carbons (Fsp3) is 0.667. The minimum absolute atomic E-state index is 0.181. The van der Waals surface area contributed by atoms with Crippen molar-refractivity contribution in [1.82, 2.24) is 19.5 Å². The molecule has 0 aliphatic heterocycles. The zero-order valence-electron chi connectivity index (χ0n) is 19.0. The molecule has 0 aliphatic rings. The molecule has 186 valence electrons. The van der Waals surface area contributed by atoms with E-state index in [9.17, 15) is 9.36 Å². The Hall–Kier alpha value is -1.57. The first-order valence-corrected chi connectivity index (χ1v) is 14.6. The lowest BCUT2D eigenvalue weighted by Crippen LogP contribution is -2.19. The van der Waals surface area contributed by atoms with Crippen LogP contribution in [0.5, 0.6) is 0 Å². The molecule has 0 saturated heterocycles. The van der Waals surface area contributed by atoms with E-state index in [0.29, 0.717) is 29.9 Å². The van der Waals surface area contributed by atoms with Crippen molar-refractivity contribution < 1.29 is 32.6 Å². The van der Waals surface area contributed by atoms with E-state index < -0.39 is 26.6 Å². The number of fused-ring (bicyclic) bond motifs is 1. The number of nitrogen functional groups attached to an aromatic ring is 1. The Balaban J connectivity index is 1.91. The van der Waals surface area contributed by atoms with E-state index in [1.807, 2.05) is 13.2 Å². The van der Waals surface area contributed by atoms with E-state index in [1.54, 1.807) is 46.3 Å². The van der Waals surface area contributed by atoms with Crippen LogP contribution in [0.2, 0.25) is 0 Å². The quantitative estimate of drug-likeness (QED) is 0.118. The maximum atomic E-state index is 13.1. The van der Waals surface area contributed by atoms with E-state index in [4.69, 9.17) is 29.0 Å². The highest BCUT2D eigenvalue weighted by atomic mass is 33.1. The highest BCUT2D eigenvalue weighted by Crippen LogP contribution is 2.48. The number of imidazole rings is 1. The van der Waals surface area contributed by atoms with Gasteiger partial charge in [0.2, 0.25) is 6.79 Å². The Morgan fingerprint density at radius 3 is 2.76 bits per heavy atom. The van der Waals surface area contributed by atoms with E-state index in [2.05, 4.69) is 15.0 Å². The van der Waals surface area contributed by atoms with Crippen LogP contribution in [0.25, 0.3) is 11.2 Å². The Bertz CT molecular complexity index is 935. The third-order valence-electron chi connectivity index (χ3n) is 4.27. The summed E-state index contributed by atoms with van der Waals surface area (Å²) < 4.78 is 41.2. The number of nitrogens with two attached hydrogens (primary N) is 1. The molecule has 12 nitrogen and oxygen atoms in total. The molecule has 0 radical (unpaired) electrons. The lowest BCUT2D eigenvalue weighted by Gasteiger charge is -2.21. The fourth-order valence-electron chi connectivity index (χ4n) is 2.42. The second-order valence-corrected chi connectivity index (χ2v) is 11.5. The molecule has 2 N–H and O–H groups in total. The van der Waals surface area contributed by atoms with Crippen LogP contribution in [0, 0.1) is 0 Å². The molecule has 0 aromatic carbocycles. The Labute approximate surface area is 200 Å². The summed E-state index contributed by atoms with van der Waals surface area (Å²) >= 11 is 0. The maximum Gasteiger partial charge on any atom is 0.510 e. The number of hydrogen-bond acceptors (Lipinski definition) is 13. The molecule has 0 bridgehead atoms. The van der Waals surface area contributed by atoms with Crippen LogP contribution < -0.4 is 5.73 Å². The van der Waals surface area contributed by atoms with Crippen LogP contribution in [0.1, 0.15) is 27.2 Å². The van der Waals surface area contributed by atoms with Crippen molar-refractivity contribution in [3.8, 4) is 0 Å². The van der Waals surface area contributed by atoms with Gasteiger partial charge in [-0.25, -0.2) is 19.7 Å². The monoisotopic (exact) mass is 523 g/mol. The van der Waals surface area contributed by atoms with Crippen LogP contribution >= 0.6 is 29.2 Å². The van der Waals surface area contributed by atoms with Gasteiger partial charge >= 0.3 is 13.8 Å². The van der Waals surface area contributed by atoms with E-state index >= 15 is 0 Å². The molecule has 0 amide bonds. The van der Waals surface area contributed by atoms with Crippen molar-refractivity contribution in [2.45, 2.75) is 45.9 Å². The summed E-state index contributed by atoms with van der Waals surface area (Å²) in [6, 6.07) is 0. The minimum Gasteiger partial charge on any atom is -0.431 e. The minimum atomic E-state index is -3.70. The van der Waals surface area contributed by atoms with Gasteiger partial charge in [-0.15, -0.1) is 0 Å². The summed E-state index contributed by atoms with van der Waals surface area (Å²) in [5.74, 6) is 0.886. The SMILES string of the molecule is CCC(C)OC(=O)OCOP(=O)(CO[C@H](C)Cn1cnc2c(N)ncnc21)OCCSSC. The average molecular weight is 524 g/mol. The van der Waals surface area contributed by atoms with Gasteiger partial charge in [-0.05, 0) is 26.5 Å². The molecule has 0 spiro atoms. The molecule has 2 aromatic heterocycles. The van der Waals surface area contributed by atoms with Crippen LogP contribution in [0.3, 0.4) is 0 Å². The standard InChI is InChI=1S/C18H30N5O7PS2/c1-5-13(2)30-18(24)26-11-29-31(25,28-6-7-33-32-4)12-27-14(3)8-23-10-22-15-16(19)20-9-21-17(15)23/h9-10,13-14H,5-8,11-12H2,1-4H3,(H2,19,20,21)/t13?,14-,31?/m1/s1. The van der Waals surface area contributed by atoms with E-state index in [-0.39, 0.29) is 24.9 Å². The zero-order valence-corrected chi connectivity index (χ0v) is 21.6. The molecule has 2 aromatic rings. The van der Waals surface area contributed by atoms with E-state index in [0.717, 1.165) is 0 Å². The third-order valence-corrected chi connectivity index (χ3v) is 7.59. The number of aromatic nitrogens is 4. The highest BCUT2D eigenvalue weighted by molar-refractivity contribution is 8.76. The van der Waals surface area contributed by atoms with Gasteiger partial charge in [0.15, 0.2) is 11.5 Å². The van der Waals surface area contributed by atoms with Gasteiger partial charge in [0.25, 0.3) is 0 Å². The molecule has 15 heteroatoms. The van der Waals surface area contributed by atoms with Gasteiger partial charge in [0.05, 0.1) is 25.6 Å². The van der Waals surface area contributed by atoms with Crippen molar-refractivity contribution in [2.75, 3.05) is 37.5 Å². The smallest absolute Gasteiger partial charge is 0.431 e. The maximum absolute atomic E-state index is 13.1. The summed E-state index contributed by atoms with van der Waals surface area (Å²) in [4.78, 5) is 24.0. The van der Waals surface area contributed by atoms with Crippen molar-refractivity contribution in [3.63, 3.8) is 0 Å². The van der Waals surface area contributed by atoms with Crippen LogP contribution in [0.4, 0.5) is 10.6 Å². The molecule has 33 heavy (non-hydrogen) atoms. The molecule has 0 fully saturated rings. The first-order chi connectivity index (χ1) is 15.8. The first kappa shape index (κ1) is 27.7. The average Bonchev–Trinajstić information content (AvgIpc) is 3.19. The predicted octanol–water partition coefficient (Wildman–Crippen LogP) is 3.92. The Morgan fingerprint density at radius 2 is 2.03 bits per heavy atom. The number of nitrogens with zero attached hydrogens (tertiary/aromatic N) is 4. The zero-order chi connectivity index (χ0) is 24.3. The van der Waals surface area contributed by atoms with Crippen molar-refractivity contribution in [3.05, 3.63) is 12.7 Å². The largest absolute Gasteiger partial charge is 0.510 e. The van der Waals surface area contributed by atoms with Crippen LogP contribution in [-0.4, -0.2) is 69.6 Å². The second-order valence-electron chi connectivity index (χ2n) is 6.85. The normalized spacial score (nSPS) is 15.2. The second kappa shape index (κ2) is 14.0. The van der Waals surface area contributed by atoms with Crippen molar-refractivity contribution in [1.29, 1.82) is 0 Å². The van der Waals surface area contributed by atoms with Gasteiger partial charge in [-0.3, -0.25) is 9.09 Å². The van der Waals surface area contributed by atoms with E-state index in [1.165, 1.54) is 6.33 Å². The lowest BCUT2D eigenvalue weighted by molar-refractivity contribution is -0.0209. The van der Waals surface area contributed by atoms with Gasteiger partial charge in [-0.2, -0.15) is 0 Å². The third kappa shape index (κ3) is 9.30. The predicted molar refractivity (Wildman–Crippen MR) is 128 cm³/mol. The molecule has 2 heterocycles.